The first-order valence-electron chi connectivity index (χ1n) is 5.52. The number of alkyl halides is 3. The third-order valence-corrected chi connectivity index (χ3v) is 2.89. The molecule has 0 radical (unpaired) electrons. The number of rotatable bonds is 2. The molecule has 4 nitrogen and oxygen atoms in total. The predicted octanol–water partition coefficient (Wildman–Crippen LogP) is 1.24. The van der Waals surface area contributed by atoms with Gasteiger partial charge in [0.15, 0.2) is 0 Å². The summed E-state index contributed by atoms with van der Waals surface area (Å²) >= 11 is 0. The van der Waals surface area contributed by atoms with Crippen molar-refractivity contribution in [2.75, 3.05) is 19.6 Å². The molecule has 0 bridgehead atoms. The third kappa shape index (κ3) is 4.80. The number of amides is 2. The summed E-state index contributed by atoms with van der Waals surface area (Å²) in [6.07, 6.45) is -3.66. The van der Waals surface area contributed by atoms with Gasteiger partial charge in [-0.25, -0.2) is 4.79 Å². The Morgan fingerprint density at radius 3 is 2.65 bits per heavy atom. The van der Waals surface area contributed by atoms with Crippen molar-refractivity contribution in [3.05, 3.63) is 0 Å². The molecule has 0 spiro atoms. The summed E-state index contributed by atoms with van der Waals surface area (Å²) in [7, 11) is 0. The van der Waals surface area contributed by atoms with E-state index < -0.39 is 18.8 Å². The maximum absolute atomic E-state index is 11.9. The van der Waals surface area contributed by atoms with Gasteiger partial charge in [-0.15, -0.1) is 0 Å². The van der Waals surface area contributed by atoms with Gasteiger partial charge >= 0.3 is 12.2 Å². The average Bonchev–Trinajstić information content (AvgIpc) is 2.17. The number of halogens is 3. The summed E-state index contributed by atoms with van der Waals surface area (Å²) < 4.78 is 35.7. The molecule has 1 aliphatic rings. The fraction of sp³-hybridized carbons (Fsp3) is 0.900. The van der Waals surface area contributed by atoms with Gasteiger partial charge in [-0.3, -0.25) is 0 Å². The van der Waals surface area contributed by atoms with Gasteiger partial charge in [0, 0.05) is 12.6 Å². The van der Waals surface area contributed by atoms with Crippen LogP contribution in [-0.2, 0) is 0 Å². The molecule has 0 aromatic rings. The summed E-state index contributed by atoms with van der Waals surface area (Å²) in [5.74, 6) is 0. The number of nitrogens with one attached hydrogen (secondary N) is 3. The minimum absolute atomic E-state index is 0.114. The molecule has 17 heavy (non-hydrogen) atoms. The lowest BCUT2D eigenvalue weighted by Gasteiger charge is -2.39. The molecule has 0 aromatic heterocycles. The van der Waals surface area contributed by atoms with Crippen molar-refractivity contribution in [1.82, 2.24) is 16.0 Å². The van der Waals surface area contributed by atoms with Crippen LogP contribution >= 0.6 is 0 Å². The lowest BCUT2D eigenvalue weighted by Crippen LogP contribution is -2.56. The molecule has 1 aliphatic heterocycles. The molecule has 100 valence electrons. The highest BCUT2D eigenvalue weighted by molar-refractivity contribution is 5.74. The maximum Gasteiger partial charge on any atom is 0.405 e. The van der Waals surface area contributed by atoms with Crippen LogP contribution in [0.5, 0.6) is 0 Å². The summed E-state index contributed by atoms with van der Waals surface area (Å²) in [6, 6.07) is -0.876. The molecule has 2 amide bonds. The van der Waals surface area contributed by atoms with Gasteiger partial charge in [-0.1, -0.05) is 13.8 Å². The predicted molar refractivity (Wildman–Crippen MR) is 57.6 cm³/mol. The summed E-state index contributed by atoms with van der Waals surface area (Å²) in [4.78, 5) is 11.3. The molecule has 0 aromatic carbocycles. The van der Waals surface area contributed by atoms with E-state index in [0.29, 0.717) is 6.42 Å². The Hall–Kier alpha value is -0.980. The largest absolute Gasteiger partial charge is 0.405 e. The molecular weight excluding hydrogens is 235 g/mol. The third-order valence-electron chi connectivity index (χ3n) is 2.89. The number of urea groups is 1. The zero-order valence-corrected chi connectivity index (χ0v) is 9.95. The average molecular weight is 253 g/mol. The Morgan fingerprint density at radius 2 is 2.12 bits per heavy atom. The van der Waals surface area contributed by atoms with Crippen LogP contribution in [-0.4, -0.2) is 37.9 Å². The molecular formula is C10H18F3N3O. The van der Waals surface area contributed by atoms with E-state index >= 15 is 0 Å². The van der Waals surface area contributed by atoms with Gasteiger partial charge in [0.2, 0.25) is 0 Å². The van der Waals surface area contributed by atoms with Crippen molar-refractivity contribution in [2.45, 2.75) is 32.5 Å². The fourth-order valence-corrected chi connectivity index (χ4v) is 1.83. The van der Waals surface area contributed by atoms with Crippen molar-refractivity contribution in [3.8, 4) is 0 Å². The zero-order valence-electron chi connectivity index (χ0n) is 9.95. The Kier molecular flexibility index (Phi) is 4.24. The summed E-state index contributed by atoms with van der Waals surface area (Å²) in [5, 5.41) is 7.59. The van der Waals surface area contributed by atoms with Crippen molar-refractivity contribution < 1.29 is 18.0 Å². The fourth-order valence-electron chi connectivity index (χ4n) is 1.83. The zero-order chi connectivity index (χ0) is 13.1. The molecule has 1 rings (SSSR count). The second-order valence-corrected chi connectivity index (χ2v) is 4.95. The standard InChI is InChI=1S/C10H18F3N3O/c1-9(2)5-14-4-3-7(9)16-8(17)15-6-10(11,12)13/h7,14H,3-6H2,1-2H3,(H2,15,16,17). The number of carbonyl (C=O) groups is 1. The van der Waals surface area contributed by atoms with E-state index in [1.165, 1.54) is 0 Å². The topological polar surface area (TPSA) is 53.2 Å². The van der Waals surface area contributed by atoms with Crippen molar-refractivity contribution in [1.29, 1.82) is 0 Å². The molecule has 0 saturated carbocycles. The minimum Gasteiger partial charge on any atom is -0.335 e. The SMILES string of the molecule is CC1(C)CNCCC1NC(=O)NCC(F)(F)F. The highest BCUT2D eigenvalue weighted by Gasteiger charge is 2.34. The number of hydrogen-bond donors (Lipinski definition) is 3. The molecule has 1 unspecified atom stereocenters. The van der Waals surface area contributed by atoms with Crippen LogP contribution in [0.25, 0.3) is 0 Å². The number of piperidine rings is 1. The normalized spacial score (nSPS) is 24.2. The molecule has 1 saturated heterocycles. The highest BCUT2D eigenvalue weighted by Crippen LogP contribution is 2.24. The summed E-state index contributed by atoms with van der Waals surface area (Å²) in [6.45, 7) is 4.12. The van der Waals surface area contributed by atoms with Crippen LogP contribution in [0.4, 0.5) is 18.0 Å². The van der Waals surface area contributed by atoms with Crippen LogP contribution < -0.4 is 16.0 Å². The molecule has 7 heteroatoms. The van der Waals surface area contributed by atoms with E-state index in [4.69, 9.17) is 0 Å². The van der Waals surface area contributed by atoms with Crippen molar-refractivity contribution in [3.63, 3.8) is 0 Å². The Morgan fingerprint density at radius 1 is 1.47 bits per heavy atom. The second-order valence-electron chi connectivity index (χ2n) is 4.95. The Labute approximate surface area is 98.3 Å². The van der Waals surface area contributed by atoms with Gasteiger partial charge in [0.1, 0.15) is 6.54 Å². The first kappa shape index (κ1) is 14.1. The molecule has 3 N–H and O–H groups in total. The molecule has 1 atom stereocenters. The first-order chi connectivity index (χ1) is 7.71. The van der Waals surface area contributed by atoms with Gasteiger partial charge in [0.25, 0.3) is 0 Å². The van der Waals surface area contributed by atoms with Crippen LogP contribution in [0.15, 0.2) is 0 Å². The van der Waals surface area contributed by atoms with Gasteiger partial charge in [0.05, 0.1) is 0 Å². The number of hydrogen-bond acceptors (Lipinski definition) is 2. The van der Waals surface area contributed by atoms with E-state index in [0.717, 1.165) is 13.1 Å². The van der Waals surface area contributed by atoms with Crippen LogP contribution in [0, 0.1) is 5.41 Å². The van der Waals surface area contributed by atoms with Gasteiger partial charge in [-0.05, 0) is 18.4 Å². The number of carbonyl (C=O) groups excluding carboxylic acids is 1. The quantitative estimate of drug-likeness (QED) is 0.693. The lowest BCUT2D eigenvalue weighted by atomic mass is 9.80. The van der Waals surface area contributed by atoms with Gasteiger partial charge < -0.3 is 16.0 Å². The van der Waals surface area contributed by atoms with E-state index in [9.17, 15) is 18.0 Å². The van der Waals surface area contributed by atoms with E-state index in [-0.39, 0.29) is 11.5 Å². The smallest absolute Gasteiger partial charge is 0.335 e. The van der Waals surface area contributed by atoms with Gasteiger partial charge in [-0.2, -0.15) is 13.2 Å². The van der Waals surface area contributed by atoms with Crippen LogP contribution in [0.2, 0.25) is 0 Å². The summed E-state index contributed by atoms with van der Waals surface area (Å²) in [5.41, 5.74) is -0.159. The lowest BCUT2D eigenvalue weighted by molar-refractivity contribution is -0.122. The highest BCUT2D eigenvalue weighted by atomic mass is 19.4. The maximum atomic E-state index is 11.9. The van der Waals surface area contributed by atoms with Crippen LogP contribution in [0.3, 0.4) is 0 Å². The van der Waals surface area contributed by atoms with E-state index in [1.54, 1.807) is 0 Å². The molecule has 1 fully saturated rings. The Bertz CT molecular complexity index is 278. The van der Waals surface area contributed by atoms with Crippen LogP contribution in [0.1, 0.15) is 20.3 Å². The first-order valence-corrected chi connectivity index (χ1v) is 5.52. The molecule has 0 aliphatic carbocycles. The van der Waals surface area contributed by atoms with E-state index in [2.05, 4.69) is 10.6 Å². The van der Waals surface area contributed by atoms with Crippen molar-refractivity contribution in [2.24, 2.45) is 5.41 Å². The Balaban J connectivity index is 2.40. The minimum atomic E-state index is -4.37. The van der Waals surface area contributed by atoms with E-state index in [1.807, 2.05) is 19.2 Å². The second kappa shape index (κ2) is 5.12. The monoisotopic (exact) mass is 253 g/mol. The molecule has 1 heterocycles. The van der Waals surface area contributed by atoms with Crippen molar-refractivity contribution >= 4 is 6.03 Å².